The van der Waals surface area contributed by atoms with Crippen LogP contribution in [0, 0.1) is 13.8 Å². The summed E-state index contributed by atoms with van der Waals surface area (Å²) in [5.41, 5.74) is 3.05. The summed E-state index contributed by atoms with van der Waals surface area (Å²) >= 11 is 0. The van der Waals surface area contributed by atoms with E-state index in [1.54, 1.807) is 4.52 Å². The van der Waals surface area contributed by atoms with Crippen LogP contribution in [0.3, 0.4) is 0 Å². The predicted molar refractivity (Wildman–Crippen MR) is 94.5 cm³/mol. The van der Waals surface area contributed by atoms with Gasteiger partial charge in [0, 0.05) is 24.0 Å². The quantitative estimate of drug-likeness (QED) is 0.738. The number of hydrogen-bond donors (Lipinski definition) is 0. The molecule has 1 atom stereocenters. The molecule has 3 heterocycles. The third-order valence-electron chi connectivity index (χ3n) is 4.76. The summed E-state index contributed by atoms with van der Waals surface area (Å²) in [5, 5.41) is 4.39. The molecule has 1 saturated heterocycles. The lowest BCUT2D eigenvalue weighted by Crippen LogP contribution is -2.37. The number of carbonyl (C=O) groups excluding carboxylic acids is 1. The number of nitrogens with zero attached hydrogens (tertiary/aromatic N) is 5. The van der Waals surface area contributed by atoms with Gasteiger partial charge in [-0.05, 0) is 44.7 Å². The van der Waals surface area contributed by atoms with Crippen LogP contribution in [0.15, 0.2) is 36.4 Å². The Balaban J connectivity index is 1.60. The summed E-state index contributed by atoms with van der Waals surface area (Å²) in [6.45, 7) is 4.62. The van der Waals surface area contributed by atoms with Gasteiger partial charge >= 0.3 is 0 Å². The van der Waals surface area contributed by atoms with Gasteiger partial charge in [0.2, 0.25) is 5.82 Å². The number of aryl methyl sites for hydroxylation is 2. The molecule has 128 valence electrons. The third kappa shape index (κ3) is 2.99. The highest BCUT2D eigenvalue weighted by atomic mass is 16.2. The number of fused-ring (bicyclic) bond motifs is 1. The molecule has 25 heavy (non-hydrogen) atoms. The van der Waals surface area contributed by atoms with Gasteiger partial charge in [-0.25, -0.2) is 9.50 Å². The van der Waals surface area contributed by atoms with Gasteiger partial charge in [0.25, 0.3) is 11.7 Å². The van der Waals surface area contributed by atoms with E-state index in [4.69, 9.17) is 0 Å². The second kappa shape index (κ2) is 6.27. The minimum absolute atomic E-state index is 0.0963. The molecule has 4 rings (SSSR count). The highest BCUT2D eigenvalue weighted by molar-refractivity contribution is 5.91. The van der Waals surface area contributed by atoms with Crippen molar-refractivity contribution in [2.45, 2.75) is 39.2 Å². The molecule has 1 amide bonds. The zero-order chi connectivity index (χ0) is 17.4. The van der Waals surface area contributed by atoms with Gasteiger partial charge in [-0.15, -0.1) is 5.10 Å². The molecule has 1 aliphatic heterocycles. The first-order valence-corrected chi connectivity index (χ1v) is 8.68. The highest BCUT2D eigenvalue weighted by Gasteiger charge is 2.31. The van der Waals surface area contributed by atoms with Crippen LogP contribution < -0.4 is 0 Å². The topological polar surface area (TPSA) is 63.4 Å². The van der Waals surface area contributed by atoms with Crippen molar-refractivity contribution in [1.29, 1.82) is 0 Å². The Kier molecular flexibility index (Phi) is 3.95. The molecule has 0 spiro atoms. The number of benzene rings is 1. The fourth-order valence-corrected chi connectivity index (χ4v) is 3.59. The van der Waals surface area contributed by atoms with Crippen molar-refractivity contribution in [2.24, 2.45) is 0 Å². The molecule has 1 unspecified atom stereocenters. The van der Waals surface area contributed by atoms with Gasteiger partial charge in [-0.3, -0.25) is 4.79 Å². The van der Waals surface area contributed by atoms with Gasteiger partial charge in [-0.1, -0.05) is 30.3 Å². The van der Waals surface area contributed by atoms with Crippen molar-refractivity contribution in [2.75, 3.05) is 6.54 Å². The van der Waals surface area contributed by atoms with Crippen molar-refractivity contribution in [3.05, 3.63) is 59.2 Å². The van der Waals surface area contributed by atoms with Crippen LogP contribution in [0.25, 0.3) is 5.78 Å². The summed E-state index contributed by atoms with van der Waals surface area (Å²) < 4.78 is 1.64. The number of aromatic nitrogens is 4. The van der Waals surface area contributed by atoms with Crippen molar-refractivity contribution in [3.63, 3.8) is 0 Å². The zero-order valence-corrected chi connectivity index (χ0v) is 14.5. The molecule has 6 nitrogen and oxygen atoms in total. The van der Waals surface area contributed by atoms with E-state index in [1.165, 1.54) is 5.56 Å². The summed E-state index contributed by atoms with van der Waals surface area (Å²) in [7, 11) is 0. The van der Waals surface area contributed by atoms with Crippen LogP contribution in [-0.2, 0) is 6.42 Å². The van der Waals surface area contributed by atoms with Crippen LogP contribution in [0.2, 0.25) is 0 Å². The molecule has 1 aliphatic rings. The van der Waals surface area contributed by atoms with Crippen LogP contribution in [0.1, 0.15) is 40.4 Å². The average Bonchev–Trinajstić information content (AvgIpc) is 3.22. The van der Waals surface area contributed by atoms with Crippen LogP contribution >= 0.6 is 0 Å². The molecular weight excluding hydrogens is 314 g/mol. The maximum absolute atomic E-state index is 13.0. The van der Waals surface area contributed by atoms with E-state index in [0.717, 1.165) is 37.2 Å². The van der Waals surface area contributed by atoms with Crippen molar-refractivity contribution in [3.8, 4) is 0 Å². The van der Waals surface area contributed by atoms with Crippen molar-refractivity contribution in [1.82, 2.24) is 24.5 Å². The summed E-state index contributed by atoms with van der Waals surface area (Å²) in [4.78, 5) is 23.6. The number of amides is 1. The zero-order valence-electron chi connectivity index (χ0n) is 14.5. The van der Waals surface area contributed by atoms with Crippen LogP contribution in [-0.4, -0.2) is 43.0 Å². The first-order valence-electron chi connectivity index (χ1n) is 8.68. The van der Waals surface area contributed by atoms with E-state index in [-0.39, 0.29) is 17.8 Å². The molecule has 0 radical (unpaired) electrons. The van der Waals surface area contributed by atoms with E-state index in [2.05, 4.69) is 27.2 Å². The minimum Gasteiger partial charge on any atom is -0.333 e. The number of likely N-dealkylation sites (tertiary alicyclic amines) is 1. The Labute approximate surface area is 146 Å². The molecule has 0 bridgehead atoms. The Bertz CT molecular complexity index is 918. The summed E-state index contributed by atoms with van der Waals surface area (Å²) in [6, 6.07) is 12.5. The molecule has 6 heteroatoms. The average molecular weight is 335 g/mol. The maximum atomic E-state index is 13.0. The number of carbonyl (C=O) groups is 1. The number of hydrogen-bond acceptors (Lipinski definition) is 4. The molecular formula is C19H21N5O. The molecule has 2 aromatic heterocycles. The van der Waals surface area contributed by atoms with Crippen molar-refractivity contribution >= 4 is 11.7 Å². The fraction of sp³-hybridized carbons (Fsp3) is 0.368. The summed E-state index contributed by atoms with van der Waals surface area (Å²) in [6.07, 6.45) is 2.91. The van der Waals surface area contributed by atoms with E-state index in [1.807, 2.05) is 43.0 Å². The molecule has 0 aliphatic carbocycles. The van der Waals surface area contributed by atoms with E-state index < -0.39 is 0 Å². The number of rotatable bonds is 3. The Morgan fingerprint density at radius 3 is 2.80 bits per heavy atom. The standard InChI is InChI=1S/C19H21N5O/c1-13-11-14(2)24-19(20-13)21-17(22-24)18(25)23-10-6-9-16(23)12-15-7-4-3-5-8-15/h3-5,7-8,11,16H,6,9-10,12H2,1-2H3. The highest BCUT2D eigenvalue weighted by Crippen LogP contribution is 2.23. The second-order valence-corrected chi connectivity index (χ2v) is 6.67. The monoisotopic (exact) mass is 335 g/mol. The second-order valence-electron chi connectivity index (χ2n) is 6.67. The summed E-state index contributed by atoms with van der Waals surface area (Å²) in [5.74, 6) is 0.627. The Morgan fingerprint density at radius 1 is 1.20 bits per heavy atom. The largest absolute Gasteiger partial charge is 0.333 e. The van der Waals surface area contributed by atoms with Crippen LogP contribution in [0.4, 0.5) is 0 Å². The minimum atomic E-state index is -0.0963. The van der Waals surface area contributed by atoms with Gasteiger partial charge in [-0.2, -0.15) is 4.98 Å². The molecule has 1 aromatic carbocycles. The maximum Gasteiger partial charge on any atom is 0.293 e. The Hall–Kier alpha value is -2.76. The van der Waals surface area contributed by atoms with Crippen molar-refractivity contribution < 1.29 is 4.79 Å². The molecule has 1 fully saturated rings. The van der Waals surface area contributed by atoms with E-state index in [0.29, 0.717) is 5.78 Å². The fourth-order valence-electron chi connectivity index (χ4n) is 3.59. The van der Waals surface area contributed by atoms with Gasteiger partial charge in [0.05, 0.1) is 0 Å². The normalized spacial score (nSPS) is 17.4. The SMILES string of the molecule is Cc1cc(C)n2nc(C(=O)N3CCCC3Cc3ccccc3)nc2n1. The first-order chi connectivity index (χ1) is 12.1. The van der Waals surface area contributed by atoms with Gasteiger partial charge in [0.1, 0.15) is 0 Å². The molecule has 0 N–H and O–H groups in total. The van der Waals surface area contributed by atoms with Crippen LogP contribution in [0.5, 0.6) is 0 Å². The lowest BCUT2D eigenvalue weighted by atomic mass is 10.0. The predicted octanol–water partition coefficient (Wildman–Crippen LogP) is 2.59. The van der Waals surface area contributed by atoms with E-state index in [9.17, 15) is 4.79 Å². The molecule has 3 aromatic rings. The Morgan fingerprint density at radius 2 is 2.00 bits per heavy atom. The third-order valence-corrected chi connectivity index (χ3v) is 4.76. The first kappa shape index (κ1) is 15.7. The van der Waals surface area contributed by atoms with Gasteiger partial charge < -0.3 is 4.90 Å². The lowest BCUT2D eigenvalue weighted by Gasteiger charge is -2.23. The smallest absolute Gasteiger partial charge is 0.293 e. The molecule has 0 saturated carbocycles. The van der Waals surface area contributed by atoms with E-state index >= 15 is 0 Å². The lowest BCUT2D eigenvalue weighted by molar-refractivity contribution is 0.0724. The van der Waals surface area contributed by atoms with Gasteiger partial charge in [0.15, 0.2) is 0 Å².